The maximum Gasteiger partial charge on any atom is 0.167 e. The van der Waals surface area contributed by atoms with E-state index in [1.807, 2.05) is 0 Å². The average Bonchev–Trinajstić information content (AvgIpc) is 2.77. The van der Waals surface area contributed by atoms with Gasteiger partial charge in [-0.3, -0.25) is 9.59 Å². The van der Waals surface area contributed by atoms with Gasteiger partial charge in [-0.15, -0.1) is 0 Å². The Morgan fingerprint density at radius 2 is 1.64 bits per heavy atom. The highest BCUT2D eigenvalue weighted by molar-refractivity contribution is 6.00. The van der Waals surface area contributed by atoms with Gasteiger partial charge in [0.1, 0.15) is 5.78 Å². The van der Waals surface area contributed by atoms with Crippen molar-refractivity contribution in [1.82, 2.24) is 0 Å². The first-order chi connectivity index (χ1) is 15.4. The Labute approximate surface area is 199 Å². The molecule has 5 aliphatic carbocycles. The van der Waals surface area contributed by atoms with E-state index in [1.54, 1.807) is 0 Å². The Bertz CT molecular complexity index is 888. The molecule has 0 aromatic heterocycles. The third-order valence-corrected chi connectivity index (χ3v) is 12.2. The van der Waals surface area contributed by atoms with E-state index in [-0.39, 0.29) is 46.4 Å². The van der Waals surface area contributed by atoms with Crippen LogP contribution in [0.5, 0.6) is 0 Å². The zero-order chi connectivity index (χ0) is 24.0. The fourth-order valence-electron chi connectivity index (χ4n) is 10.5. The van der Waals surface area contributed by atoms with E-state index in [1.165, 1.54) is 6.42 Å². The van der Waals surface area contributed by atoms with E-state index in [0.717, 1.165) is 44.8 Å². The van der Waals surface area contributed by atoms with Crippen LogP contribution < -0.4 is 0 Å². The van der Waals surface area contributed by atoms with Gasteiger partial charge in [0.05, 0.1) is 6.26 Å². The minimum atomic E-state index is -0.514. The van der Waals surface area contributed by atoms with Gasteiger partial charge in [0, 0.05) is 29.9 Å². The molecule has 184 valence electrons. The number of carbonyl (C=O) groups is 2. The lowest BCUT2D eigenvalue weighted by molar-refractivity contribution is -0.201. The van der Waals surface area contributed by atoms with Crippen molar-refractivity contribution >= 4 is 11.6 Å². The molecule has 0 saturated heterocycles. The van der Waals surface area contributed by atoms with E-state index in [2.05, 4.69) is 34.6 Å². The van der Waals surface area contributed by atoms with Gasteiger partial charge in [0.2, 0.25) is 0 Å². The van der Waals surface area contributed by atoms with Crippen molar-refractivity contribution in [2.24, 2.45) is 57.2 Å². The Kier molecular flexibility index (Phi) is 5.30. The molecule has 33 heavy (non-hydrogen) atoms. The molecule has 9 unspecified atom stereocenters. The molecular weight excluding hydrogens is 412 g/mol. The molecule has 5 rings (SSSR count). The molecule has 5 aliphatic rings. The van der Waals surface area contributed by atoms with Crippen LogP contribution in [0.2, 0.25) is 0 Å². The summed E-state index contributed by atoms with van der Waals surface area (Å²) in [5.74, 6) is 2.38. The maximum absolute atomic E-state index is 14.0. The number of ketones is 2. The molecule has 0 aliphatic heterocycles. The second-order valence-electron chi connectivity index (χ2n) is 13.9. The summed E-state index contributed by atoms with van der Waals surface area (Å²) in [4.78, 5) is 27.2. The molecule has 5 saturated carbocycles. The summed E-state index contributed by atoms with van der Waals surface area (Å²) in [6.45, 7) is 11.4. The highest BCUT2D eigenvalue weighted by Gasteiger charge is 2.68. The van der Waals surface area contributed by atoms with Crippen LogP contribution in [0, 0.1) is 57.2 Å². The standard InChI is InChI=1S/C29H44O4/c1-17-6-10-29(16-31)11-7-19-24(20(29)12-17)21(32)13-23-27(19,4)9-8-22-26(2,3)25(33)18(15-30)14-28(22,23)5/h15,17,19-20,22-24,30-31H,6-14,16H2,1-5H3/b18-15-. The average molecular weight is 457 g/mol. The Balaban J connectivity index is 1.55. The first-order valence-electron chi connectivity index (χ1n) is 13.5. The van der Waals surface area contributed by atoms with Gasteiger partial charge < -0.3 is 10.2 Å². The normalized spacial score (nSPS) is 52.5. The zero-order valence-corrected chi connectivity index (χ0v) is 21.3. The molecule has 9 atom stereocenters. The lowest BCUT2D eigenvalue weighted by atomic mass is 9.35. The van der Waals surface area contributed by atoms with E-state index in [4.69, 9.17) is 0 Å². The van der Waals surface area contributed by atoms with Crippen LogP contribution in [0.25, 0.3) is 0 Å². The quantitative estimate of drug-likeness (QED) is 0.382. The minimum absolute atomic E-state index is 0.0559. The Morgan fingerprint density at radius 3 is 2.30 bits per heavy atom. The number of rotatable bonds is 1. The second-order valence-corrected chi connectivity index (χ2v) is 13.9. The van der Waals surface area contributed by atoms with Gasteiger partial charge in [0.15, 0.2) is 5.78 Å². The smallest absolute Gasteiger partial charge is 0.167 e. The number of hydrogen-bond donors (Lipinski definition) is 2. The molecule has 0 spiro atoms. The lowest BCUT2D eigenvalue weighted by Crippen LogP contribution is -2.65. The molecule has 0 amide bonds. The highest BCUT2D eigenvalue weighted by atomic mass is 16.3. The van der Waals surface area contributed by atoms with Gasteiger partial charge in [-0.05, 0) is 90.8 Å². The van der Waals surface area contributed by atoms with Crippen LogP contribution >= 0.6 is 0 Å². The predicted octanol–water partition coefficient (Wildman–Crippen LogP) is 5.88. The largest absolute Gasteiger partial charge is 0.515 e. The van der Waals surface area contributed by atoms with Gasteiger partial charge in [-0.25, -0.2) is 0 Å². The Morgan fingerprint density at radius 1 is 0.939 bits per heavy atom. The predicted molar refractivity (Wildman–Crippen MR) is 128 cm³/mol. The van der Waals surface area contributed by atoms with E-state index < -0.39 is 5.41 Å². The summed E-state index contributed by atoms with van der Waals surface area (Å²) in [5, 5.41) is 20.4. The molecule has 4 heteroatoms. The molecule has 0 radical (unpaired) electrons. The maximum atomic E-state index is 14.0. The highest BCUT2D eigenvalue weighted by Crippen LogP contribution is 2.72. The number of aliphatic hydroxyl groups excluding tert-OH is 2. The molecule has 0 aromatic rings. The molecule has 5 fully saturated rings. The number of aliphatic hydroxyl groups is 2. The van der Waals surface area contributed by atoms with Crippen LogP contribution in [-0.2, 0) is 9.59 Å². The van der Waals surface area contributed by atoms with Gasteiger partial charge in [-0.1, -0.05) is 41.0 Å². The van der Waals surface area contributed by atoms with Crippen molar-refractivity contribution in [2.75, 3.05) is 6.61 Å². The fraction of sp³-hybridized carbons (Fsp3) is 0.862. The van der Waals surface area contributed by atoms with Crippen molar-refractivity contribution in [1.29, 1.82) is 0 Å². The summed E-state index contributed by atoms with van der Waals surface area (Å²) in [6, 6.07) is 0. The van der Waals surface area contributed by atoms with Gasteiger partial charge in [-0.2, -0.15) is 0 Å². The van der Waals surface area contributed by atoms with E-state index in [9.17, 15) is 19.8 Å². The monoisotopic (exact) mass is 456 g/mol. The van der Waals surface area contributed by atoms with Gasteiger partial charge in [0.25, 0.3) is 0 Å². The summed E-state index contributed by atoms with van der Waals surface area (Å²) in [5.41, 5.74) is -0.116. The SMILES string of the molecule is CC1CCC2(CO)CCC3C(C(=O)CC4C3(C)CCC3C(C)(C)C(=O)/C(=C\O)CC34C)C2C1. The van der Waals surface area contributed by atoms with Crippen LogP contribution in [0.1, 0.15) is 92.4 Å². The van der Waals surface area contributed by atoms with Crippen molar-refractivity contribution in [3.05, 3.63) is 11.8 Å². The zero-order valence-electron chi connectivity index (χ0n) is 21.3. The number of allylic oxidation sites excluding steroid dienone is 1. The van der Waals surface area contributed by atoms with Crippen LogP contribution in [-0.4, -0.2) is 28.4 Å². The van der Waals surface area contributed by atoms with Crippen LogP contribution in [0.15, 0.2) is 11.8 Å². The third-order valence-electron chi connectivity index (χ3n) is 12.2. The lowest BCUT2D eigenvalue weighted by Gasteiger charge is -2.68. The fourth-order valence-corrected chi connectivity index (χ4v) is 10.5. The van der Waals surface area contributed by atoms with Gasteiger partial charge >= 0.3 is 0 Å². The van der Waals surface area contributed by atoms with Crippen molar-refractivity contribution in [3.63, 3.8) is 0 Å². The number of hydrogen-bond acceptors (Lipinski definition) is 4. The van der Waals surface area contributed by atoms with E-state index >= 15 is 0 Å². The summed E-state index contributed by atoms with van der Waals surface area (Å²) in [6.07, 6.45) is 9.72. The second kappa shape index (κ2) is 7.42. The topological polar surface area (TPSA) is 74.6 Å². The summed E-state index contributed by atoms with van der Waals surface area (Å²) < 4.78 is 0. The van der Waals surface area contributed by atoms with Crippen LogP contribution in [0.4, 0.5) is 0 Å². The molecular formula is C29H44O4. The molecule has 2 N–H and O–H groups in total. The van der Waals surface area contributed by atoms with Crippen molar-refractivity contribution in [2.45, 2.75) is 92.4 Å². The first kappa shape index (κ1) is 23.6. The van der Waals surface area contributed by atoms with Crippen molar-refractivity contribution < 1.29 is 19.8 Å². The third kappa shape index (κ3) is 2.98. The Hall–Kier alpha value is -1.16. The first-order valence-corrected chi connectivity index (χ1v) is 13.5. The number of Topliss-reactive ketones (excluding diaryl/α,β-unsaturated/α-hetero) is 2. The van der Waals surface area contributed by atoms with E-state index in [0.29, 0.717) is 42.0 Å². The molecule has 0 heterocycles. The molecule has 4 nitrogen and oxygen atoms in total. The van der Waals surface area contributed by atoms with Crippen molar-refractivity contribution in [3.8, 4) is 0 Å². The summed E-state index contributed by atoms with van der Waals surface area (Å²) in [7, 11) is 0. The minimum Gasteiger partial charge on any atom is -0.515 e. The summed E-state index contributed by atoms with van der Waals surface area (Å²) >= 11 is 0. The number of carbonyl (C=O) groups excluding carboxylic acids is 2. The molecule has 0 aromatic carbocycles. The number of fused-ring (bicyclic) bond motifs is 7. The van der Waals surface area contributed by atoms with Crippen LogP contribution in [0.3, 0.4) is 0 Å². The molecule has 0 bridgehead atoms.